The van der Waals surface area contributed by atoms with E-state index in [9.17, 15) is 0 Å². The zero-order valence-corrected chi connectivity index (χ0v) is 8.43. The maximum absolute atomic E-state index is 8.82. The fourth-order valence-electron chi connectivity index (χ4n) is 2.14. The molecule has 0 amide bonds. The molecule has 0 aliphatic carbocycles. The Morgan fingerprint density at radius 1 is 1.71 bits per heavy atom. The van der Waals surface area contributed by atoms with E-state index in [-0.39, 0.29) is 12.4 Å². The van der Waals surface area contributed by atoms with Crippen LogP contribution in [0.3, 0.4) is 0 Å². The van der Waals surface area contributed by atoms with Gasteiger partial charge in [-0.2, -0.15) is 5.26 Å². The van der Waals surface area contributed by atoms with Crippen molar-refractivity contribution >= 4 is 0 Å². The number of fused-ring (bicyclic) bond motifs is 1. The van der Waals surface area contributed by atoms with Crippen LogP contribution in [0.4, 0.5) is 0 Å². The molecule has 0 saturated carbocycles. The summed E-state index contributed by atoms with van der Waals surface area (Å²) in [4.78, 5) is 2.06. The third-order valence-electron chi connectivity index (χ3n) is 2.90. The molecule has 2 rings (SSSR count). The van der Waals surface area contributed by atoms with Gasteiger partial charge in [-0.3, -0.25) is 0 Å². The van der Waals surface area contributed by atoms with Crippen molar-refractivity contribution in [3.8, 4) is 6.07 Å². The molecule has 0 bridgehead atoms. The quantitative estimate of drug-likeness (QED) is 0.621. The molecule has 0 unspecified atom stereocenters. The zero-order chi connectivity index (χ0) is 10.1. The van der Waals surface area contributed by atoms with Gasteiger partial charge >= 0.3 is 0 Å². The molecule has 76 valence electrons. The Bertz CT molecular complexity index is 295. The molecule has 0 spiro atoms. The average molecular weight is 194 g/mol. The Hall–Kier alpha value is -1.05. The first-order chi connectivity index (χ1) is 6.74. The van der Waals surface area contributed by atoms with E-state index in [0.29, 0.717) is 12.5 Å². The van der Waals surface area contributed by atoms with Crippen LogP contribution >= 0.6 is 0 Å². The lowest BCUT2D eigenvalue weighted by Gasteiger charge is -2.31. The van der Waals surface area contributed by atoms with Gasteiger partial charge in [-0.05, 0) is 0 Å². The van der Waals surface area contributed by atoms with Crippen molar-refractivity contribution in [2.45, 2.75) is 31.3 Å². The maximum atomic E-state index is 8.82. The third kappa shape index (κ3) is 1.49. The molecule has 0 radical (unpaired) electrons. The molecule has 3 atom stereocenters. The van der Waals surface area contributed by atoms with E-state index in [2.05, 4.69) is 11.0 Å². The number of hydrogen-bond acceptors (Lipinski definition) is 4. The molecule has 0 aromatic heterocycles. The van der Waals surface area contributed by atoms with Crippen LogP contribution in [0, 0.1) is 11.3 Å². The van der Waals surface area contributed by atoms with Gasteiger partial charge in [0.25, 0.3) is 0 Å². The van der Waals surface area contributed by atoms with Crippen molar-refractivity contribution in [2.24, 2.45) is 0 Å². The predicted molar refractivity (Wildman–Crippen MR) is 50.2 cm³/mol. The summed E-state index contributed by atoms with van der Waals surface area (Å²) in [6.45, 7) is 0. The molecule has 14 heavy (non-hydrogen) atoms. The largest absolute Gasteiger partial charge is 0.374 e. The highest BCUT2D eigenvalue weighted by molar-refractivity contribution is 5.24. The second kappa shape index (κ2) is 3.60. The Labute approximate surface area is 83.7 Å². The number of rotatable bonds is 1. The van der Waals surface area contributed by atoms with Gasteiger partial charge in [0.1, 0.15) is 0 Å². The average Bonchev–Trinajstić information content (AvgIpc) is 2.61. The second-order valence-electron chi connectivity index (χ2n) is 3.78. The van der Waals surface area contributed by atoms with Crippen molar-refractivity contribution in [3.05, 3.63) is 11.8 Å². The molecule has 2 aliphatic rings. The highest BCUT2D eigenvalue weighted by Crippen LogP contribution is 2.32. The monoisotopic (exact) mass is 194 g/mol. The number of likely N-dealkylation sites (N-methyl/N-ethyl adjacent to an activating group) is 1. The SMILES string of the molecule is CO[C@H]1C[C@@H]2[C@@H](CC(C#N)=CN2C)O1. The molecular weight excluding hydrogens is 180 g/mol. The number of hydrogen-bond donors (Lipinski definition) is 0. The second-order valence-corrected chi connectivity index (χ2v) is 3.78. The van der Waals surface area contributed by atoms with Gasteiger partial charge in [0.05, 0.1) is 18.2 Å². The first kappa shape index (κ1) is 9.50. The lowest BCUT2D eigenvalue weighted by atomic mass is 9.98. The maximum Gasteiger partial charge on any atom is 0.159 e. The van der Waals surface area contributed by atoms with Gasteiger partial charge in [0, 0.05) is 38.8 Å². The molecule has 0 aromatic rings. The third-order valence-corrected chi connectivity index (χ3v) is 2.90. The van der Waals surface area contributed by atoms with Crippen molar-refractivity contribution in [2.75, 3.05) is 14.2 Å². The summed E-state index contributed by atoms with van der Waals surface area (Å²) >= 11 is 0. The summed E-state index contributed by atoms with van der Waals surface area (Å²) in [6.07, 6.45) is 3.50. The van der Waals surface area contributed by atoms with Gasteiger partial charge in [-0.15, -0.1) is 0 Å². The van der Waals surface area contributed by atoms with Crippen LogP contribution in [-0.4, -0.2) is 37.5 Å². The Kier molecular flexibility index (Phi) is 2.44. The minimum absolute atomic E-state index is 0.112. The lowest BCUT2D eigenvalue weighted by molar-refractivity contribution is -0.115. The van der Waals surface area contributed by atoms with Crippen LogP contribution in [-0.2, 0) is 9.47 Å². The molecule has 4 heteroatoms. The standard InChI is InChI=1S/C10H14N2O2/c1-12-6-7(5-11)3-9-8(12)4-10(13-2)14-9/h6,8-10H,3-4H2,1-2H3/t8-,9-,10-/m1/s1. The molecule has 1 fully saturated rings. The lowest BCUT2D eigenvalue weighted by Crippen LogP contribution is -2.38. The predicted octanol–water partition coefficient (Wildman–Crippen LogP) is 0.859. The first-order valence-corrected chi connectivity index (χ1v) is 4.75. The van der Waals surface area contributed by atoms with Crippen LogP contribution in [0.1, 0.15) is 12.8 Å². The van der Waals surface area contributed by atoms with Crippen LogP contribution < -0.4 is 0 Å². The molecule has 0 N–H and O–H groups in total. The van der Waals surface area contributed by atoms with Crippen LogP contribution in [0.15, 0.2) is 11.8 Å². The Morgan fingerprint density at radius 2 is 2.50 bits per heavy atom. The molecule has 0 aromatic carbocycles. The van der Waals surface area contributed by atoms with Gasteiger partial charge < -0.3 is 14.4 Å². The molecule has 1 saturated heterocycles. The van der Waals surface area contributed by atoms with Gasteiger partial charge in [0.15, 0.2) is 6.29 Å². The molecule has 2 heterocycles. The fraction of sp³-hybridized carbons (Fsp3) is 0.700. The van der Waals surface area contributed by atoms with Gasteiger partial charge in [0.2, 0.25) is 0 Å². The summed E-state index contributed by atoms with van der Waals surface area (Å²) in [6, 6.07) is 2.54. The van der Waals surface area contributed by atoms with Crippen LogP contribution in [0.2, 0.25) is 0 Å². The zero-order valence-electron chi connectivity index (χ0n) is 8.43. The van der Waals surface area contributed by atoms with E-state index >= 15 is 0 Å². The molecule has 2 aliphatic heterocycles. The van der Waals surface area contributed by atoms with E-state index in [1.54, 1.807) is 7.11 Å². The van der Waals surface area contributed by atoms with Crippen molar-refractivity contribution in [1.82, 2.24) is 4.90 Å². The first-order valence-electron chi connectivity index (χ1n) is 4.75. The fourth-order valence-corrected chi connectivity index (χ4v) is 2.14. The van der Waals surface area contributed by atoms with Crippen LogP contribution in [0.5, 0.6) is 0 Å². The highest BCUT2D eigenvalue weighted by Gasteiger charge is 2.39. The van der Waals surface area contributed by atoms with Gasteiger partial charge in [-0.1, -0.05) is 0 Å². The van der Waals surface area contributed by atoms with E-state index < -0.39 is 0 Å². The van der Waals surface area contributed by atoms with E-state index in [0.717, 1.165) is 12.0 Å². The van der Waals surface area contributed by atoms with Crippen LogP contribution in [0.25, 0.3) is 0 Å². The molecular formula is C10H14N2O2. The summed E-state index contributed by atoms with van der Waals surface area (Å²) in [5.74, 6) is 0. The van der Waals surface area contributed by atoms with Gasteiger partial charge in [-0.25, -0.2) is 0 Å². The number of nitrogens with zero attached hydrogens (tertiary/aromatic N) is 2. The summed E-state index contributed by atoms with van der Waals surface area (Å²) in [5, 5.41) is 8.82. The topological polar surface area (TPSA) is 45.5 Å². The number of methoxy groups -OCH3 is 1. The minimum atomic E-state index is -0.112. The number of nitriles is 1. The highest BCUT2D eigenvalue weighted by atomic mass is 16.7. The van der Waals surface area contributed by atoms with E-state index in [4.69, 9.17) is 14.7 Å². The Morgan fingerprint density at radius 3 is 3.14 bits per heavy atom. The number of ether oxygens (including phenoxy) is 2. The van der Waals surface area contributed by atoms with E-state index in [1.807, 2.05) is 13.2 Å². The minimum Gasteiger partial charge on any atom is -0.374 e. The molecule has 4 nitrogen and oxygen atoms in total. The van der Waals surface area contributed by atoms with Crippen molar-refractivity contribution < 1.29 is 9.47 Å². The van der Waals surface area contributed by atoms with Crippen molar-refractivity contribution in [1.29, 1.82) is 5.26 Å². The summed E-state index contributed by atoms with van der Waals surface area (Å²) < 4.78 is 10.8. The Balaban J connectivity index is 2.12. The van der Waals surface area contributed by atoms with E-state index in [1.165, 1.54) is 0 Å². The normalized spacial score (nSPS) is 36.2. The van der Waals surface area contributed by atoms with Crippen molar-refractivity contribution in [3.63, 3.8) is 0 Å². The summed E-state index contributed by atoms with van der Waals surface area (Å²) in [7, 11) is 3.64. The summed E-state index contributed by atoms with van der Waals surface area (Å²) in [5.41, 5.74) is 0.783. The smallest absolute Gasteiger partial charge is 0.159 e.